The third kappa shape index (κ3) is 2.12. The summed E-state index contributed by atoms with van der Waals surface area (Å²) in [7, 11) is 0. The van der Waals surface area contributed by atoms with Crippen LogP contribution in [-0.2, 0) is 9.59 Å². The highest BCUT2D eigenvalue weighted by atomic mass is 16.2. The van der Waals surface area contributed by atoms with Crippen molar-refractivity contribution in [1.82, 2.24) is 9.55 Å². The molecule has 3 rings (SSSR count). The van der Waals surface area contributed by atoms with Gasteiger partial charge in [0.25, 0.3) is 5.56 Å². The van der Waals surface area contributed by atoms with Crippen LogP contribution < -0.4 is 11.3 Å². The van der Waals surface area contributed by atoms with Crippen molar-refractivity contribution < 1.29 is 13.7 Å². The molecule has 0 saturated heterocycles. The van der Waals surface area contributed by atoms with Crippen LogP contribution in [0.4, 0.5) is 5.69 Å². The molecule has 1 unspecified atom stereocenters. The molecule has 0 aliphatic heterocycles. The summed E-state index contributed by atoms with van der Waals surface area (Å²) in [5.74, 6) is -1.34. The van der Waals surface area contributed by atoms with E-state index < -0.39 is 30.7 Å². The first-order chi connectivity index (χ1) is 11.3. The number of aromatic nitrogens is 2. The maximum atomic E-state index is 12.9. The van der Waals surface area contributed by atoms with E-state index in [-0.39, 0.29) is 41.0 Å². The number of nitrogens with two attached hydrogens (primary N) is 1. The number of nitrogens with zero attached hydrogens (tertiary/aromatic N) is 2. The maximum absolute atomic E-state index is 12.9. The Morgan fingerprint density at radius 2 is 2.24 bits per heavy atom. The van der Waals surface area contributed by atoms with Crippen LogP contribution in [0.25, 0.3) is 10.9 Å². The van der Waals surface area contributed by atoms with Crippen molar-refractivity contribution in [1.29, 1.82) is 0 Å². The van der Waals surface area contributed by atoms with Gasteiger partial charge < -0.3 is 5.73 Å². The summed E-state index contributed by atoms with van der Waals surface area (Å²) in [6, 6.07) is 2.55. The molecule has 2 N–H and O–H groups in total. The number of rotatable bonds is 1. The highest BCUT2D eigenvalue weighted by Gasteiger charge is 2.30. The van der Waals surface area contributed by atoms with E-state index in [9.17, 15) is 14.4 Å². The third-order valence-corrected chi connectivity index (χ3v) is 3.55. The zero-order valence-corrected chi connectivity index (χ0v) is 11.1. The third-order valence-electron chi connectivity index (χ3n) is 3.55. The van der Waals surface area contributed by atoms with Crippen LogP contribution in [0.5, 0.6) is 0 Å². The predicted molar refractivity (Wildman–Crippen MR) is 78.1 cm³/mol. The van der Waals surface area contributed by atoms with Crippen molar-refractivity contribution in [2.45, 2.75) is 32.2 Å². The average molecular weight is 288 g/mol. The molecule has 6 heteroatoms. The van der Waals surface area contributed by atoms with Gasteiger partial charge in [0, 0.05) is 14.8 Å². The van der Waals surface area contributed by atoms with E-state index in [0.717, 1.165) is 4.57 Å². The lowest BCUT2D eigenvalue weighted by Crippen LogP contribution is -2.36. The van der Waals surface area contributed by atoms with Gasteiger partial charge >= 0.3 is 0 Å². The minimum Gasteiger partial charge on any atom is -0.398 e. The van der Waals surface area contributed by atoms with Gasteiger partial charge in [0.2, 0.25) is 0 Å². The number of benzene rings is 1. The number of carbonyl (C=O) groups is 2. The molecule has 6 nitrogen and oxygen atoms in total. The molecule has 0 radical (unpaired) electrons. The van der Waals surface area contributed by atoms with E-state index in [0.29, 0.717) is 0 Å². The molecule has 0 spiro atoms. The second-order valence-electron chi connectivity index (χ2n) is 4.94. The van der Waals surface area contributed by atoms with Crippen molar-refractivity contribution in [3.05, 3.63) is 34.4 Å². The molecule has 1 aliphatic carbocycles. The van der Waals surface area contributed by atoms with Crippen molar-refractivity contribution >= 4 is 28.2 Å². The standard InChI is InChI=1S/C15H15N3O3/c1-8-17-11-4-2-3-10(16)14(11)15(21)18(8)12-6-5-9(19)7-13(12)20/h2-4,12H,5-7,16H2,1H3/i1D2,12D. The summed E-state index contributed by atoms with van der Waals surface area (Å²) in [6.45, 7) is -1.67. The van der Waals surface area contributed by atoms with E-state index in [1.165, 1.54) is 12.1 Å². The monoisotopic (exact) mass is 288 g/mol. The number of hydrogen-bond donors (Lipinski definition) is 1. The fraction of sp³-hybridized carbons (Fsp3) is 0.333. The first-order valence-corrected chi connectivity index (χ1v) is 6.47. The summed E-state index contributed by atoms with van der Waals surface area (Å²) in [6.07, 6.45) is -0.660. The second kappa shape index (κ2) is 4.80. The summed E-state index contributed by atoms with van der Waals surface area (Å²) < 4.78 is 24.6. The molecular weight excluding hydrogens is 270 g/mol. The molecule has 1 atom stereocenters. The highest BCUT2D eigenvalue weighted by molar-refractivity contribution is 6.03. The Kier molecular flexibility index (Phi) is 2.35. The Hall–Kier alpha value is -2.50. The van der Waals surface area contributed by atoms with Crippen LogP contribution in [0.1, 0.15) is 35.2 Å². The van der Waals surface area contributed by atoms with Crippen molar-refractivity contribution in [2.75, 3.05) is 5.73 Å². The van der Waals surface area contributed by atoms with Crippen LogP contribution in [-0.4, -0.2) is 21.1 Å². The molecule has 1 aromatic heterocycles. The summed E-state index contributed by atoms with van der Waals surface area (Å²) in [5.41, 5.74) is 5.44. The molecule has 2 aromatic rings. The van der Waals surface area contributed by atoms with E-state index in [1.54, 1.807) is 6.07 Å². The second-order valence-corrected chi connectivity index (χ2v) is 4.94. The topological polar surface area (TPSA) is 95.0 Å². The number of anilines is 1. The van der Waals surface area contributed by atoms with Gasteiger partial charge in [-0.1, -0.05) is 6.07 Å². The lowest BCUT2D eigenvalue weighted by molar-refractivity contribution is -0.132. The Balaban J connectivity index is 2.38. The van der Waals surface area contributed by atoms with Crippen molar-refractivity contribution in [3.8, 4) is 0 Å². The predicted octanol–water partition coefficient (Wildman–Crippen LogP) is 1.15. The summed E-state index contributed by atoms with van der Waals surface area (Å²) >= 11 is 0. The number of Topliss-reactive ketones (excluding diaryl/α,β-unsaturated/α-hetero) is 2. The van der Waals surface area contributed by atoms with E-state index in [1.807, 2.05) is 0 Å². The van der Waals surface area contributed by atoms with Gasteiger partial charge in [-0.3, -0.25) is 19.0 Å². The SMILES string of the molecule is [2H]C([2H])c1nc2cccc(N)c2c(=O)n1C1([2H])CCC(=O)CC1=O. The van der Waals surface area contributed by atoms with Gasteiger partial charge in [-0.05, 0) is 25.4 Å². The quantitative estimate of drug-likeness (QED) is 0.627. The largest absolute Gasteiger partial charge is 0.398 e. The number of nitrogen functional groups attached to an aromatic ring is 1. The summed E-state index contributed by atoms with van der Waals surface area (Å²) in [5, 5.41) is 0.0400. The van der Waals surface area contributed by atoms with Gasteiger partial charge in [0.05, 0.1) is 24.7 Å². The highest BCUT2D eigenvalue weighted by Crippen LogP contribution is 2.24. The minimum absolute atomic E-state index is 0.0237. The molecular formula is C15H15N3O3. The first kappa shape index (κ1) is 10.3. The van der Waals surface area contributed by atoms with Crippen LogP contribution in [0.2, 0.25) is 0 Å². The molecule has 0 bridgehead atoms. The van der Waals surface area contributed by atoms with E-state index >= 15 is 0 Å². The van der Waals surface area contributed by atoms with Gasteiger partial charge in [-0.2, -0.15) is 0 Å². The van der Waals surface area contributed by atoms with E-state index in [4.69, 9.17) is 9.85 Å². The Bertz CT molecular complexity index is 925. The first-order valence-electron chi connectivity index (χ1n) is 8.12. The zero-order valence-electron chi connectivity index (χ0n) is 14.1. The Morgan fingerprint density at radius 3 is 2.95 bits per heavy atom. The number of ketones is 2. The molecule has 1 aromatic carbocycles. The molecule has 21 heavy (non-hydrogen) atoms. The number of fused-ring (bicyclic) bond motifs is 1. The fourth-order valence-corrected chi connectivity index (χ4v) is 2.54. The molecule has 1 saturated carbocycles. The summed E-state index contributed by atoms with van der Waals surface area (Å²) in [4.78, 5) is 40.8. The van der Waals surface area contributed by atoms with Crippen LogP contribution in [0.15, 0.2) is 23.0 Å². The van der Waals surface area contributed by atoms with Gasteiger partial charge in [0.1, 0.15) is 11.6 Å². The van der Waals surface area contributed by atoms with Crippen LogP contribution in [0, 0.1) is 6.88 Å². The molecule has 1 fully saturated rings. The number of hydrogen-bond acceptors (Lipinski definition) is 5. The van der Waals surface area contributed by atoms with Crippen molar-refractivity contribution in [3.63, 3.8) is 0 Å². The molecule has 1 heterocycles. The molecule has 1 aliphatic rings. The minimum atomic E-state index is -2.05. The maximum Gasteiger partial charge on any atom is 0.264 e. The lowest BCUT2D eigenvalue weighted by atomic mass is 9.92. The number of aryl methyl sites for hydroxylation is 1. The zero-order chi connectivity index (χ0) is 17.6. The smallest absolute Gasteiger partial charge is 0.264 e. The lowest BCUT2D eigenvalue weighted by Gasteiger charge is -2.24. The van der Waals surface area contributed by atoms with Crippen LogP contribution >= 0.6 is 0 Å². The van der Waals surface area contributed by atoms with Crippen molar-refractivity contribution in [2.24, 2.45) is 0 Å². The number of carbonyl (C=O) groups excluding carboxylic acids is 2. The normalized spacial score (nSPS) is 24.9. The van der Waals surface area contributed by atoms with Crippen LogP contribution in [0.3, 0.4) is 0 Å². The van der Waals surface area contributed by atoms with Gasteiger partial charge in [-0.15, -0.1) is 0 Å². The van der Waals surface area contributed by atoms with Gasteiger partial charge in [0.15, 0.2) is 5.78 Å². The molecule has 0 amide bonds. The van der Waals surface area contributed by atoms with Gasteiger partial charge in [-0.25, -0.2) is 4.98 Å². The Labute approximate surface area is 124 Å². The Morgan fingerprint density at radius 1 is 1.43 bits per heavy atom. The van der Waals surface area contributed by atoms with E-state index in [2.05, 4.69) is 4.98 Å². The molecule has 108 valence electrons. The average Bonchev–Trinajstić information content (AvgIpc) is 2.51. The fourth-order valence-electron chi connectivity index (χ4n) is 2.54.